The van der Waals surface area contributed by atoms with Crippen LogP contribution < -0.4 is 0 Å². The lowest BCUT2D eigenvalue weighted by molar-refractivity contribution is 0.0514. The van der Waals surface area contributed by atoms with Crippen LogP contribution in [0.4, 0.5) is 0 Å². The fourth-order valence-corrected chi connectivity index (χ4v) is 2.47. The molecular formula is C10H8BrNO3S. The van der Waals surface area contributed by atoms with Crippen molar-refractivity contribution in [3.8, 4) is 10.6 Å². The Labute approximate surface area is 104 Å². The number of thiophene rings is 1. The molecular weight excluding hydrogens is 294 g/mol. The van der Waals surface area contributed by atoms with E-state index in [1.165, 1.54) is 11.3 Å². The molecule has 0 aliphatic carbocycles. The van der Waals surface area contributed by atoms with Gasteiger partial charge in [-0.25, -0.2) is 4.79 Å². The minimum absolute atomic E-state index is 0.196. The Kier molecular flexibility index (Phi) is 3.40. The average Bonchev–Trinajstić information content (AvgIpc) is 2.85. The molecule has 0 unspecified atom stereocenters. The highest BCUT2D eigenvalue weighted by Crippen LogP contribution is 2.31. The first-order valence-electron chi connectivity index (χ1n) is 4.60. The number of nitrogens with zero attached hydrogens (tertiary/aromatic N) is 1. The van der Waals surface area contributed by atoms with Crippen LogP contribution in [0.25, 0.3) is 10.6 Å². The van der Waals surface area contributed by atoms with Crippen LogP contribution in [0.2, 0.25) is 0 Å². The zero-order valence-corrected chi connectivity index (χ0v) is 10.8. The van der Waals surface area contributed by atoms with Gasteiger partial charge in [0, 0.05) is 6.07 Å². The Bertz CT molecular complexity index is 506. The van der Waals surface area contributed by atoms with Gasteiger partial charge < -0.3 is 9.26 Å². The number of rotatable bonds is 3. The van der Waals surface area contributed by atoms with Gasteiger partial charge in [0.05, 0.1) is 15.3 Å². The Morgan fingerprint density at radius 1 is 1.62 bits per heavy atom. The Morgan fingerprint density at radius 3 is 3.06 bits per heavy atom. The topological polar surface area (TPSA) is 52.3 Å². The smallest absolute Gasteiger partial charge is 0.360 e. The highest BCUT2D eigenvalue weighted by Gasteiger charge is 2.15. The molecule has 2 rings (SSSR count). The van der Waals surface area contributed by atoms with Gasteiger partial charge in [0.2, 0.25) is 0 Å². The first-order valence-corrected chi connectivity index (χ1v) is 6.21. The first-order chi connectivity index (χ1) is 7.70. The number of esters is 1. The van der Waals surface area contributed by atoms with E-state index in [9.17, 15) is 4.79 Å². The van der Waals surface area contributed by atoms with Gasteiger partial charge in [-0.05, 0) is 35.0 Å². The molecule has 16 heavy (non-hydrogen) atoms. The summed E-state index contributed by atoms with van der Waals surface area (Å²) in [5.41, 5.74) is 0.196. The molecule has 0 saturated carbocycles. The van der Waals surface area contributed by atoms with E-state index in [2.05, 4.69) is 21.1 Å². The van der Waals surface area contributed by atoms with Crippen molar-refractivity contribution in [2.45, 2.75) is 6.92 Å². The number of hydrogen-bond acceptors (Lipinski definition) is 5. The molecule has 0 amide bonds. The second-order valence-electron chi connectivity index (χ2n) is 2.90. The highest BCUT2D eigenvalue weighted by molar-refractivity contribution is 9.11. The predicted molar refractivity (Wildman–Crippen MR) is 63.5 cm³/mol. The number of aromatic nitrogens is 1. The molecule has 4 nitrogen and oxygen atoms in total. The second kappa shape index (κ2) is 4.80. The van der Waals surface area contributed by atoms with Gasteiger partial charge in [-0.15, -0.1) is 11.3 Å². The lowest BCUT2D eigenvalue weighted by atomic mass is 10.3. The van der Waals surface area contributed by atoms with Crippen LogP contribution in [0.1, 0.15) is 17.4 Å². The van der Waals surface area contributed by atoms with Gasteiger partial charge in [0.1, 0.15) is 0 Å². The van der Waals surface area contributed by atoms with Crippen LogP contribution in [0.3, 0.4) is 0 Å². The molecule has 2 aromatic rings. The number of ether oxygens (including phenoxy) is 1. The van der Waals surface area contributed by atoms with Gasteiger partial charge in [-0.2, -0.15) is 0 Å². The van der Waals surface area contributed by atoms with E-state index in [1.54, 1.807) is 13.0 Å². The van der Waals surface area contributed by atoms with Crippen molar-refractivity contribution in [1.82, 2.24) is 5.16 Å². The molecule has 2 heterocycles. The Hall–Kier alpha value is -1.14. The quantitative estimate of drug-likeness (QED) is 0.816. The molecule has 0 fully saturated rings. The Balaban J connectivity index is 2.22. The fraction of sp³-hybridized carbons (Fsp3) is 0.200. The zero-order chi connectivity index (χ0) is 11.5. The van der Waals surface area contributed by atoms with E-state index < -0.39 is 5.97 Å². The maximum absolute atomic E-state index is 11.3. The van der Waals surface area contributed by atoms with Gasteiger partial charge in [-0.3, -0.25) is 0 Å². The molecule has 0 saturated heterocycles. The van der Waals surface area contributed by atoms with Crippen LogP contribution >= 0.6 is 27.3 Å². The van der Waals surface area contributed by atoms with Crippen LogP contribution in [-0.4, -0.2) is 17.7 Å². The SMILES string of the molecule is CCOC(=O)c1cc(-c2ccc(Br)s2)on1. The summed E-state index contributed by atoms with van der Waals surface area (Å²) in [6.45, 7) is 2.07. The molecule has 0 radical (unpaired) electrons. The van der Waals surface area contributed by atoms with Crippen LogP contribution in [-0.2, 0) is 4.74 Å². The highest BCUT2D eigenvalue weighted by atomic mass is 79.9. The van der Waals surface area contributed by atoms with Crippen molar-refractivity contribution in [2.24, 2.45) is 0 Å². The van der Waals surface area contributed by atoms with Crippen molar-refractivity contribution in [1.29, 1.82) is 0 Å². The lowest BCUT2D eigenvalue weighted by Crippen LogP contribution is -2.04. The summed E-state index contributed by atoms with van der Waals surface area (Å²) >= 11 is 4.86. The van der Waals surface area contributed by atoms with E-state index >= 15 is 0 Å². The summed E-state index contributed by atoms with van der Waals surface area (Å²) in [7, 11) is 0. The molecule has 84 valence electrons. The molecule has 2 aromatic heterocycles. The van der Waals surface area contributed by atoms with Crippen molar-refractivity contribution < 1.29 is 14.1 Å². The minimum Gasteiger partial charge on any atom is -0.461 e. The summed E-state index contributed by atoms with van der Waals surface area (Å²) in [4.78, 5) is 12.3. The van der Waals surface area contributed by atoms with Crippen molar-refractivity contribution in [3.63, 3.8) is 0 Å². The van der Waals surface area contributed by atoms with Gasteiger partial charge in [0.15, 0.2) is 11.5 Å². The van der Waals surface area contributed by atoms with E-state index in [4.69, 9.17) is 9.26 Å². The van der Waals surface area contributed by atoms with Crippen molar-refractivity contribution in [2.75, 3.05) is 6.61 Å². The van der Waals surface area contributed by atoms with Crippen LogP contribution in [0.15, 0.2) is 26.5 Å². The fourth-order valence-electron chi connectivity index (χ4n) is 1.14. The third kappa shape index (κ3) is 2.33. The Morgan fingerprint density at radius 2 is 2.44 bits per heavy atom. The molecule has 6 heteroatoms. The van der Waals surface area contributed by atoms with E-state index in [0.717, 1.165) is 8.66 Å². The standard InChI is InChI=1S/C10H8BrNO3S/c1-2-14-10(13)6-5-7(15-12-6)8-3-4-9(11)16-8/h3-5H,2H2,1H3. The van der Waals surface area contributed by atoms with Gasteiger partial charge >= 0.3 is 5.97 Å². The average molecular weight is 302 g/mol. The number of carbonyl (C=O) groups excluding carboxylic acids is 1. The largest absolute Gasteiger partial charge is 0.461 e. The first kappa shape index (κ1) is 11.3. The van der Waals surface area contributed by atoms with E-state index in [0.29, 0.717) is 12.4 Å². The third-order valence-electron chi connectivity index (χ3n) is 1.81. The minimum atomic E-state index is -0.465. The maximum Gasteiger partial charge on any atom is 0.360 e. The molecule has 0 aromatic carbocycles. The third-order valence-corrected chi connectivity index (χ3v) is 3.45. The monoisotopic (exact) mass is 301 g/mol. The van der Waals surface area contributed by atoms with Gasteiger partial charge in [0.25, 0.3) is 0 Å². The summed E-state index contributed by atoms with van der Waals surface area (Å²) in [6, 6.07) is 5.38. The summed E-state index contributed by atoms with van der Waals surface area (Å²) in [5, 5.41) is 3.66. The summed E-state index contributed by atoms with van der Waals surface area (Å²) < 4.78 is 10.9. The number of carbonyl (C=O) groups is 1. The molecule has 0 bridgehead atoms. The number of halogens is 1. The summed E-state index contributed by atoms with van der Waals surface area (Å²) in [6.07, 6.45) is 0. The van der Waals surface area contributed by atoms with Crippen molar-refractivity contribution in [3.05, 3.63) is 27.7 Å². The molecule has 0 aliphatic rings. The molecule has 0 N–H and O–H groups in total. The van der Waals surface area contributed by atoms with E-state index in [1.807, 2.05) is 12.1 Å². The van der Waals surface area contributed by atoms with Gasteiger partial charge in [-0.1, -0.05) is 5.16 Å². The lowest BCUT2D eigenvalue weighted by Gasteiger charge is -1.94. The maximum atomic E-state index is 11.3. The van der Waals surface area contributed by atoms with E-state index in [-0.39, 0.29) is 5.69 Å². The molecule has 0 atom stereocenters. The number of hydrogen-bond donors (Lipinski definition) is 0. The zero-order valence-electron chi connectivity index (χ0n) is 8.40. The van der Waals surface area contributed by atoms with Crippen molar-refractivity contribution >= 4 is 33.2 Å². The summed E-state index contributed by atoms with van der Waals surface area (Å²) in [5.74, 6) is 0.104. The van der Waals surface area contributed by atoms with Crippen LogP contribution in [0, 0.1) is 0 Å². The molecule has 0 spiro atoms. The van der Waals surface area contributed by atoms with Crippen LogP contribution in [0.5, 0.6) is 0 Å². The molecule has 0 aliphatic heterocycles. The normalized spacial score (nSPS) is 10.4. The second-order valence-corrected chi connectivity index (χ2v) is 5.36. The predicted octanol–water partition coefficient (Wildman–Crippen LogP) is 3.34.